The van der Waals surface area contributed by atoms with Crippen molar-refractivity contribution < 1.29 is 4.42 Å². The van der Waals surface area contributed by atoms with Crippen LogP contribution < -0.4 is 0 Å². The van der Waals surface area contributed by atoms with Crippen LogP contribution in [0.15, 0.2) is 59.1 Å². The Morgan fingerprint density at radius 2 is 2.00 bits per heavy atom. The fourth-order valence-corrected chi connectivity index (χ4v) is 2.90. The first-order valence-corrected chi connectivity index (χ1v) is 7.05. The van der Waals surface area contributed by atoms with Gasteiger partial charge in [0.15, 0.2) is 0 Å². The number of rotatable bonds is 1. The normalized spacial score (nSPS) is 10.9. The number of aryl methyl sites for hydroxylation is 1. The van der Waals surface area contributed by atoms with Crippen LogP contribution in [0.1, 0.15) is 11.1 Å². The molecule has 3 nitrogen and oxygen atoms in total. The standard InChI is InChI=1S/C19H12N2O/c1-12-9-13(11-20)10-15-18-14(16-6-2-3-8-21-16)5-4-7-17(18)22-19(12)15/h2-10H,1H3. The molecule has 4 aromatic rings. The highest BCUT2D eigenvalue weighted by Crippen LogP contribution is 2.37. The van der Waals surface area contributed by atoms with Gasteiger partial charge in [-0.05, 0) is 42.8 Å². The van der Waals surface area contributed by atoms with Crippen LogP contribution in [0.2, 0.25) is 0 Å². The van der Waals surface area contributed by atoms with Gasteiger partial charge in [-0.15, -0.1) is 0 Å². The summed E-state index contributed by atoms with van der Waals surface area (Å²) < 4.78 is 6.01. The molecule has 0 saturated heterocycles. The Morgan fingerprint density at radius 1 is 1.09 bits per heavy atom. The van der Waals surface area contributed by atoms with Crippen molar-refractivity contribution in [3.05, 3.63) is 65.9 Å². The van der Waals surface area contributed by atoms with Gasteiger partial charge in [-0.25, -0.2) is 0 Å². The zero-order valence-corrected chi connectivity index (χ0v) is 12.0. The highest BCUT2D eigenvalue weighted by Gasteiger charge is 2.15. The second-order valence-electron chi connectivity index (χ2n) is 5.28. The molecular formula is C19H12N2O. The van der Waals surface area contributed by atoms with Crippen molar-refractivity contribution >= 4 is 21.9 Å². The average Bonchev–Trinajstić information content (AvgIpc) is 2.95. The highest BCUT2D eigenvalue weighted by molar-refractivity contribution is 6.13. The lowest BCUT2D eigenvalue weighted by Crippen LogP contribution is -1.84. The van der Waals surface area contributed by atoms with E-state index in [4.69, 9.17) is 4.42 Å². The van der Waals surface area contributed by atoms with Crippen molar-refractivity contribution in [1.82, 2.24) is 4.98 Å². The van der Waals surface area contributed by atoms with Crippen molar-refractivity contribution in [2.45, 2.75) is 6.92 Å². The Hall–Kier alpha value is -3.12. The molecule has 0 radical (unpaired) electrons. The molecule has 2 aromatic heterocycles. The lowest BCUT2D eigenvalue weighted by molar-refractivity contribution is 0.666. The summed E-state index contributed by atoms with van der Waals surface area (Å²) in [7, 11) is 0. The first-order chi connectivity index (χ1) is 10.8. The summed E-state index contributed by atoms with van der Waals surface area (Å²) in [5, 5.41) is 11.2. The van der Waals surface area contributed by atoms with Crippen LogP contribution >= 0.6 is 0 Å². The minimum Gasteiger partial charge on any atom is -0.456 e. The van der Waals surface area contributed by atoms with E-state index in [-0.39, 0.29) is 0 Å². The van der Waals surface area contributed by atoms with Crippen LogP contribution in [0.5, 0.6) is 0 Å². The number of nitriles is 1. The van der Waals surface area contributed by atoms with Gasteiger partial charge in [0.2, 0.25) is 0 Å². The van der Waals surface area contributed by atoms with Gasteiger partial charge in [-0.3, -0.25) is 4.98 Å². The maximum absolute atomic E-state index is 9.22. The molecular weight excluding hydrogens is 272 g/mol. The van der Waals surface area contributed by atoms with E-state index in [2.05, 4.69) is 11.1 Å². The fourth-order valence-electron chi connectivity index (χ4n) is 2.90. The van der Waals surface area contributed by atoms with Crippen molar-refractivity contribution in [2.24, 2.45) is 0 Å². The summed E-state index contributed by atoms with van der Waals surface area (Å²) in [5.74, 6) is 0. The molecule has 104 valence electrons. The molecule has 4 rings (SSSR count). The minimum atomic E-state index is 0.642. The number of hydrogen-bond donors (Lipinski definition) is 0. The first kappa shape index (κ1) is 12.6. The van der Waals surface area contributed by atoms with E-state index in [1.807, 2.05) is 55.5 Å². The fraction of sp³-hybridized carbons (Fsp3) is 0.0526. The molecule has 22 heavy (non-hydrogen) atoms. The van der Waals surface area contributed by atoms with E-state index >= 15 is 0 Å². The monoisotopic (exact) mass is 284 g/mol. The number of fused-ring (bicyclic) bond motifs is 3. The number of furan rings is 1. The third-order valence-corrected chi connectivity index (χ3v) is 3.85. The summed E-state index contributed by atoms with van der Waals surface area (Å²) in [6, 6.07) is 17.8. The lowest BCUT2D eigenvalue weighted by atomic mass is 10.0. The summed E-state index contributed by atoms with van der Waals surface area (Å²) >= 11 is 0. The van der Waals surface area contributed by atoms with Gasteiger partial charge in [0.05, 0.1) is 17.3 Å². The largest absolute Gasteiger partial charge is 0.456 e. The SMILES string of the molecule is Cc1cc(C#N)cc2c1oc1cccc(-c3ccccn3)c12. The number of hydrogen-bond acceptors (Lipinski definition) is 3. The zero-order valence-electron chi connectivity index (χ0n) is 12.0. The van der Waals surface area contributed by atoms with Crippen LogP contribution in [0.4, 0.5) is 0 Å². The maximum atomic E-state index is 9.22. The van der Waals surface area contributed by atoms with Crippen molar-refractivity contribution in [3.63, 3.8) is 0 Å². The number of aromatic nitrogens is 1. The topological polar surface area (TPSA) is 49.8 Å². The number of nitrogens with zero attached hydrogens (tertiary/aromatic N) is 2. The van der Waals surface area contributed by atoms with Crippen molar-refractivity contribution in [1.29, 1.82) is 5.26 Å². The Morgan fingerprint density at radius 3 is 2.77 bits per heavy atom. The predicted octanol–water partition coefficient (Wildman–Crippen LogP) is 4.83. The molecule has 0 saturated carbocycles. The molecule has 2 heterocycles. The van der Waals surface area contributed by atoms with Crippen LogP contribution in [0.25, 0.3) is 33.2 Å². The first-order valence-electron chi connectivity index (χ1n) is 7.05. The Balaban J connectivity index is 2.18. The average molecular weight is 284 g/mol. The van der Waals surface area contributed by atoms with E-state index in [0.717, 1.165) is 38.8 Å². The summed E-state index contributed by atoms with van der Waals surface area (Å²) in [4.78, 5) is 4.44. The second-order valence-corrected chi connectivity index (χ2v) is 5.28. The van der Waals surface area contributed by atoms with Gasteiger partial charge >= 0.3 is 0 Å². The quantitative estimate of drug-likeness (QED) is 0.503. The zero-order chi connectivity index (χ0) is 15.1. The summed E-state index contributed by atoms with van der Waals surface area (Å²) in [6.07, 6.45) is 1.78. The molecule has 0 spiro atoms. The smallest absolute Gasteiger partial charge is 0.138 e. The van der Waals surface area contributed by atoms with Crippen molar-refractivity contribution in [2.75, 3.05) is 0 Å². The Kier molecular flexibility index (Phi) is 2.70. The van der Waals surface area contributed by atoms with Gasteiger partial charge in [-0.2, -0.15) is 5.26 Å². The Labute approximate surface area is 127 Å². The molecule has 0 bridgehead atoms. The summed E-state index contributed by atoms with van der Waals surface area (Å²) in [6.45, 7) is 1.96. The third-order valence-electron chi connectivity index (χ3n) is 3.85. The molecule has 0 atom stereocenters. The van der Waals surface area contributed by atoms with Gasteiger partial charge in [-0.1, -0.05) is 18.2 Å². The van der Waals surface area contributed by atoms with E-state index in [0.29, 0.717) is 5.56 Å². The minimum absolute atomic E-state index is 0.642. The van der Waals surface area contributed by atoms with E-state index in [1.165, 1.54) is 0 Å². The summed E-state index contributed by atoms with van der Waals surface area (Å²) in [5.41, 5.74) is 5.18. The number of benzene rings is 2. The molecule has 0 fully saturated rings. The van der Waals surface area contributed by atoms with Gasteiger partial charge in [0.1, 0.15) is 11.2 Å². The Bertz CT molecular complexity index is 1040. The van der Waals surface area contributed by atoms with Gasteiger partial charge in [0, 0.05) is 22.5 Å². The molecule has 3 heteroatoms. The van der Waals surface area contributed by atoms with Crippen LogP contribution in [-0.2, 0) is 0 Å². The molecule has 0 aliphatic rings. The van der Waals surface area contributed by atoms with E-state index in [9.17, 15) is 5.26 Å². The highest BCUT2D eigenvalue weighted by atomic mass is 16.3. The molecule has 0 aliphatic heterocycles. The molecule has 0 amide bonds. The van der Waals surface area contributed by atoms with E-state index in [1.54, 1.807) is 6.20 Å². The van der Waals surface area contributed by atoms with Gasteiger partial charge in [0.25, 0.3) is 0 Å². The molecule has 0 N–H and O–H groups in total. The molecule has 0 unspecified atom stereocenters. The van der Waals surface area contributed by atoms with Crippen LogP contribution in [-0.4, -0.2) is 4.98 Å². The third kappa shape index (κ3) is 1.78. The van der Waals surface area contributed by atoms with Gasteiger partial charge < -0.3 is 4.42 Å². The van der Waals surface area contributed by atoms with Crippen molar-refractivity contribution in [3.8, 4) is 17.3 Å². The predicted molar refractivity (Wildman–Crippen MR) is 86.4 cm³/mol. The lowest BCUT2D eigenvalue weighted by Gasteiger charge is -2.02. The van der Waals surface area contributed by atoms with E-state index < -0.39 is 0 Å². The molecule has 2 aromatic carbocycles. The molecule has 0 aliphatic carbocycles. The van der Waals surface area contributed by atoms with Crippen LogP contribution in [0, 0.1) is 18.3 Å². The maximum Gasteiger partial charge on any atom is 0.138 e. The van der Waals surface area contributed by atoms with Crippen LogP contribution in [0.3, 0.4) is 0 Å². The number of pyridine rings is 1. The second kappa shape index (κ2) is 4.71.